The number of aryl methyl sites for hydroxylation is 2. The van der Waals surface area contributed by atoms with Crippen LogP contribution in [0.25, 0.3) is 22.3 Å². The molecule has 0 radical (unpaired) electrons. The van der Waals surface area contributed by atoms with Gasteiger partial charge in [-0.05, 0) is 55.9 Å². The Labute approximate surface area is 184 Å². The fourth-order valence-corrected chi connectivity index (χ4v) is 3.74. The highest BCUT2D eigenvalue weighted by Crippen LogP contribution is 2.31. The first-order chi connectivity index (χ1) is 15.0. The highest BCUT2D eigenvalue weighted by Gasteiger charge is 2.12. The van der Waals surface area contributed by atoms with Crippen LogP contribution >= 0.6 is 0 Å². The Morgan fingerprint density at radius 1 is 1.16 bits per heavy atom. The van der Waals surface area contributed by atoms with Crippen LogP contribution in [0.15, 0.2) is 65.1 Å². The number of benzene rings is 2. The van der Waals surface area contributed by atoms with Crippen LogP contribution in [0.1, 0.15) is 44.2 Å². The van der Waals surface area contributed by atoms with E-state index in [1.807, 2.05) is 6.07 Å². The summed E-state index contributed by atoms with van der Waals surface area (Å²) in [6.07, 6.45) is 4.70. The highest BCUT2D eigenvalue weighted by molar-refractivity contribution is 5.87. The fourth-order valence-electron chi connectivity index (χ4n) is 3.74. The number of esters is 1. The minimum atomic E-state index is -0.397. The molecule has 0 fully saturated rings. The van der Waals surface area contributed by atoms with E-state index in [2.05, 4.69) is 56.0 Å². The Balaban J connectivity index is 1.55. The number of carbonyl (C=O) groups is 1. The lowest BCUT2D eigenvalue weighted by Gasteiger charge is -2.14. The van der Waals surface area contributed by atoms with Gasteiger partial charge in [0.15, 0.2) is 0 Å². The molecule has 4 heteroatoms. The number of rotatable bonds is 11. The molecule has 0 amide bonds. The molecule has 2 aromatic carbocycles. The van der Waals surface area contributed by atoms with E-state index in [0.29, 0.717) is 5.57 Å². The normalized spacial score (nSPS) is 12.1. The predicted molar refractivity (Wildman–Crippen MR) is 125 cm³/mol. The molecule has 0 bridgehead atoms. The van der Waals surface area contributed by atoms with Crippen LogP contribution in [0.4, 0.5) is 0 Å². The van der Waals surface area contributed by atoms with Crippen LogP contribution in [-0.4, -0.2) is 24.3 Å². The van der Waals surface area contributed by atoms with Crippen molar-refractivity contribution in [2.45, 2.75) is 46.0 Å². The summed E-state index contributed by atoms with van der Waals surface area (Å²) in [5.74, 6) is 0.489. The van der Waals surface area contributed by atoms with Crippen LogP contribution in [0.3, 0.4) is 0 Å². The maximum Gasteiger partial charge on any atom is 0.333 e. The average molecular weight is 421 g/mol. The van der Waals surface area contributed by atoms with Gasteiger partial charge in [0.1, 0.15) is 11.3 Å². The zero-order chi connectivity index (χ0) is 22.2. The Hall–Kier alpha value is -2.85. The molecular formula is C27H32O4. The van der Waals surface area contributed by atoms with Crippen molar-refractivity contribution in [3.8, 4) is 11.3 Å². The molecule has 1 heterocycles. The fraction of sp³-hybridized carbons (Fsp3) is 0.370. The molecule has 1 N–H and O–H groups in total. The quantitative estimate of drug-likeness (QED) is 0.231. The van der Waals surface area contributed by atoms with Crippen LogP contribution in [0.5, 0.6) is 0 Å². The molecule has 3 rings (SSSR count). The number of carbonyl (C=O) groups excluding carboxylic acids is 1. The van der Waals surface area contributed by atoms with E-state index in [-0.39, 0.29) is 19.1 Å². The van der Waals surface area contributed by atoms with Crippen molar-refractivity contribution in [2.75, 3.05) is 13.2 Å². The van der Waals surface area contributed by atoms with Gasteiger partial charge in [0.25, 0.3) is 0 Å². The Morgan fingerprint density at radius 3 is 2.71 bits per heavy atom. The summed E-state index contributed by atoms with van der Waals surface area (Å²) in [4.78, 5) is 11.5. The molecular weight excluding hydrogens is 388 g/mol. The van der Waals surface area contributed by atoms with Gasteiger partial charge >= 0.3 is 5.97 Å². The lowest BCUT2D eigenvalue weighted by molar-refractivity contribution is -0.140. The van der Waals surface area contributed by atoms with Gasteiger partial charge < -0.3 is 14.3 Å². The van der Waals surface area contributed by atoms with Crippen LogP contribution in [0, 0.1) is 5.92 Å². The number of fused-ring (bicyclic) bond motifs is 1. The van der Waals surface area contributed by atoms with E-state index < -0.39 is 5.97 Å². The zero-order valence-corrected chi connectivity index (χ0v) is 18.5. The minimum Gasteiger partial charge on any atom is -0.462 e. The second-order valence-electron chi connectivity index (χ2n) is 8.17. The maximum atomic E-state index is 11.5. The van der Waals surface area contributed by atoms with Gasteiger partial charge in [0, 0.05) is 29.0 Å². The molecule has 31 heavy (non-hydrogen) atoms. The topological polar surface area (TPSA) is 59.7 Å². The molecule has 0 aliphatic heterocycles. The minimum absolute atomic E-state index is 0.0177. The number of hydrogen-bond acceptors (Lipinski definition) is 4. The maximum absolute atomic E-state index is 11.5. The van der Waals surface area contributed by atoms with Crippen molar-refractivity contribution in [1.82, 2.24) is 0 Å². The predicted octanol–water partition coefficient (Wildman–Crippen LogP) is 6.10. The first kappa shape index (κ1) is 22.8. The first-order valence-corrected chi connectivity index (χ1v) is 11.1. The van der Waals surface area contributed by atoms with E-state index in [0.717, 1.165) is 54.4 Å². The molecule has 0 aliphatic carbocycles. The molecule has 1 unspecified atom stereocenters. The van der Waals surface area contributed by atoms with Crippen molar-refractivity contribution in [3.05, 3.63) is 71.8 Å². The molecule has 3 aromatic rings. The molecule has 164 valence electrons. The summed E-state index contributed by atoms with van der Waals surface area (Å²) in [7, 11) is 0. The zero-order valence-electron chi connectivity index (χ0n) is 18.5. The van der Waals surface area contributed by atoms with Gasteiger partial charge in [-0.15, -0.1) is 0 Å². The number of ether oxygens (including phenoxy) is 1. The van der Waals surface area contributed by atoms with Gasteiger partial charge in [0.05, 0.1) is 6.61 Å². The van der Waals surface area contributed by atoms with E-state index >= 15 is 0 Å². The van der Waals surface area contributed by atoms with Gasteiger partial charge in [-0.3, -0.25) is 0 Å². The summed E-state index contributed by atoms with van der Waals surface area (Å²) in [5, 5.41) is 10.6. The van der Waals surface area contributed by atoms with Gasteiger partial charge in [0.2, 0.25) is 0 Å². The third-order valence-corrected chi connectivity index (χ3v) is 5.63. The molecule has 0 saturated carbocycles. The second-order valence-corrected chi connectivity index (χ2v) is 8.17. The lowest BCUT2D eigenvalue weighted by Crippen LogP contribution is -2.17. The lowest BCUT2D eigenvalue weighted by atomic mass is 10.00. The Bertz CT molecular complexity index is 1030. The van der Waals surface area contributed by atoms with E-state index in [1.54, 1.807) is 6.92 Å². The monoisotopic (exact) mass is 420 g/mol. The smallest absolute Gasteiger partial charge is 0.333 e. The summed E-state index contributed by atoms with van der Waals surface area (Å²) in [6.45, 7) is 7.61. The Morgan fingerprint density at radius 2 is 1.97 bits per heavy atom. The van der Waals surface area contributed by atoms with Gasteiger partial charge in [-0.25, -0.2) is 4.79 Å². The van der Waals surface area contributed by atoms with Crippen molar-refractivity contribution >= 4 is 16.9 Å². The van der Waals surface area contributed by atoms with Crippen molar-refractivity contribution < 1.29 is 19.1 Å². The molecule has 1 aromatic heterocycles. The Kier molecular flexibility index (Phi) is 8.07. The highest BCUT2D eigenvalue weighted by atomic mass is 16.5. The number of unbranched alkanes of at least 4 members (excludes halogenated alkanes) is 1. The third kappa shape index (κ3) is 6.08. The standard InChI is InChI=1S/C27H32O4/c1-4-22-11-7-8-12-24(22)26-16-23-14-13-20(15-25(23)31-26)9-5-6-10-21(17-28)18-30-27(29)19(2)3/h7-8,11-16,21,28H,2,4-6,9-10,17-18H2,1,3H3. The van der Waals surface area contributed by atoms with Crippen LogP contribution < -0.4 is 0 Å². The van der Waals surface area contributed by atoms with Crippen molar-refractivity contribution in [1.29, 1.82) is 0 Å². The van der Waals surface area contributed by atoms with Crippen LogP contribution in [-0.2, 0) is 22.4 Å². The van der Waals surface area contributed by atoms with Crippen molar-refractivity contribution in [3.63, 3.8) is 0 Å². The van der Waals surface area contributed by atoms with Gasteiger partial charge in [-0.2, -0.15) is 0 Å². The van der Waals surface area contributed by atoms with Gasteiger partial charge in [-0.1, -0.05) is 56.3 Å². The number of aliphatic hydroxyl groups excluding tert-OH is 1. The summed E-state index contributed by atoms with van der Waals surface area (Å²) >= 11 is 0. The first-order valence-electron chi connectivity index (χ1n) is 11.1. The third-order valence-electron chi connectivity index (χ3n) is 5.63. The van der Waals surface area contributed by atoms with E-state index in [9.17, 15) is 9.90 Å². The summed E-state index contributed by atoms with van der Waals surface area (Å²) < 4.78 is 11.3. The second kappa shape index (κ2) is 11.0. The number of furan rings is 1. The summed E-state index contributed by atoms with van der Waals surface area (Å²) in [6, 6.07) is 16.9. The molecule has 0 aliphatic rings. The summed E-state index contributed by atoms with van der Waals surface area (Å²) in [5.41, 5.74) is 4.98. The largest absolute Gasteiger partial charge is 0.462 e. The number of aliphatic hydroxyl groups is 1. The van der Waals surface area contributed by atoms with E-state index in [4.69, 9.17) is 9.15 Å². The molecule has 0 spiro atoms. The van der Waals surface area contributed by atoms with E-state index in [1.165, 1.54) is 11.1 Å². The SMILES string of the molecule is C=C(C)C(=O)OCC(CO)CCCCc1ccc2cc(-c3ccccc3CC)oc2c1. The van der Waals surface area contributed by atoms with Crippen LogP contribution in [0.2, 0.25) is 0 Å². The number of hydrogen-bond donors (Lipinski definition) is 1. The average Bonchev–Trinajstić information content (AvgIpc) is 3.21. The molecule has 1 atom stereocenters. The molecule has 0 saturated heterocycles. The van der Waals surface area contributed by atoms with Crippen molar-refractivity contribution in [2.24, 2.45) is 5.92 Å². The molecule has 4 nitrogen and oxygen atoms in total.